The largest absolute Gasteiger partial charge is 0.377 e. The van der Waals surface area contributed by atoms with E-state index in [0.29, 0.717) is 25.6 Å². The van der Waals surface area contributed by atoms with Crippen molar-refractivity contribution in [3.63, 3.8) is 0 Å². The molecule has 6 nitrogen and oxygen atoms in total. The smallest absolute Gasteiger partial charge is 0.264 e. The highest BCUT2D eigenvalue weighted by Crippen LogP contribution is 2.27. The van der Waals surface area contributed by atoms with Crippen LogP contribution >= 0.6 is 11.3 Å². The second-order valence-corrected chi connectivity index (χ2v) is 6.73. The molecule has 1 aliphatic rings. The summed E-state index contributed by atoms with van der Waals surface area (Å²) in [7, 11) is 1.99. The lowest BCUT2D eigenvalue weighted by Crippen LogP contribution is -2.44. The van der Waals surface area contributed by atoms with E-state index < -0.39 is 0 Å². The number of hydrogen-bond acceptors (Lipinski definition) is 6. The minimum Gasteiger partial charge on any atom is -0.377 e. The average Bonchev–Trinajstić information content (AvgIpc) is 3.06. The molecule has 1 aliphatic heterocycles. The second kappa shape index (κ2) is 7.27. The van der Waals surface area contributed by atoms with Crippen LogP contribution in [0.2, 0.25) is 0 Å². The van der Waals surface area contributed by atoms with Gasteiger partial charge in [-0.2, -0.15) is 0 Å². The van der Waals surface area contributed by atoms with Gasteiger partial charge in [0, 0.05) is 26.3 Å². The van der Waals surface area contributed by atoms with Crippen molar-refractivity contribution in [3.05, 3.63) is 40.0 Å². The third-order valence-corrected chi connectivity index (χ3v) is 5.27. The molecule has 0 aliphatic carbocycles. The number of carbonyl (C=O) groups excluding carboxylic acids is 1. The van der Waals surface area contributed by atoms with Gasteiger partial charge in [-0.3, -0.25) is 4.79 Å². The fraction of sp³-hybridized carbons (Fsp3) is 0.471. The Labute approximate surface area is 146 Å². The summed E-state index contributed by atoms with van der Waals surface area (Å²) in [5.41, 5.74) is 1.01. The molecule has 3 heterocycles. The molecule has 1 atom stereocenters. The minimum atomic E-state index is -0.252. The van der Waals surface area contributed by atoms with E-state index in [9.17, 15) is 4.79 Å². The normalized spacial score (nSPS) is 17.8. The van der Waals surface area contributed by atoms with Gasteiger partial charge >= 0.3 is 0 Å². The Morgan fingerprint density at radius 1 is 1.50 bits per heavy atom. The van der Waals surface area contributed by atoms with Crippen LogP contribution in [0.25, 0.3) is 0 Å². The molecule has 1 saturated heterocycles. The van der Waals surface area contributed by atoms with Gasteiger partial charge < -0.3 is 14.5 Å². The number of aromatic nitrogens is 2. The van der Waals surface area contributed by atoms with Crippen molar-refractivity contribution in [3.8, 4) is 0 Å². The highest BCUT2D eigenvalue weighted by Gasteiger charge is 2.32. The number of ether oxygens (including phenoxy) is 1. The van der Waals surface area contributed by atoms with Gasteiger partial charge in [-0.1, -0.05) is 0 Å². The van der Waals surface area contributed by atoms with Gasteiger partial charge in [0.15, 0.2) is 5.82 Å². The zero-order chi connectivity index (χ0) is 17.1. The summed E-state index contributed by atoms with van der Waals surface area (Å²) in [6.07, 6.45) is 1.75. The van der Waals surface area contributed by atoms with Gasteiger partial charge in [-0.25, -0.2) is 9.97 Å². The van der Waals surface area contributed by atoms with Crippen molar-refractivity contribution in [1.29, 1.82) is 0 Å². The van der Waals surface area contributed by atoms with Gasteiger partial charge in [-0.05, 0) is 36.9 Å². The molecule has 2 aromatic rings. The first-order chi connectivity index (χ1) is 11.6. The maximum atomic E-state index is 13.0. The van der Waals surface area contributed by atoms with E-state index in [2.05, 4.69) is 16.9 Å². The van der Waals surface area contributed by atoms with Crippen molar-refractivity contribution >= 4 is 23.1 Å². The van der Waals surface area contributed by atoms with Crippen LogP contribution < -0.4 is 4.90 Å². The van der Waals surface area contributed by atoms with Crippen molar-refractivity contribution in [2.24, 2.45) is 0 Å². The van der Waals surface area contributed by atoms with Gasteiger partial charge in [0.05, 0.1) is 18.1 Å². The maximum Gasteiger partial charge on any atom is 0.264 e. The number of aryl methyl sites for hydroxylation is 1. The molecule has 24 heavy (non-hydrogen) atoms. The number of anilines is 1. The lowest BCUT2D eigenvalue weighted by Gasteiger charge is -2.34. The Hall–Kier alpha value is -1.99. The monoisotopic (exact) mass is 346 g/mol. The molecule has 2 aromatic heterocycles. The van der Waals surface area contributed by atoms with Crippen LogP contribution in [0, 0.1) is 6.92 Å². The zero-order valence-corrected chi connectivity index (χ0v) is 15.0. The van der Waals surface area contributed by atoms with E-state index >= 15 is 0 Å². The summed E-state index contributed by atoms with van der Waals surface area (Å²) >= 11 is 1.48. The standard InChI is InChI=1S/C17H22N4O2S/c1-4-20(3)14-5-7-18-16(19-14)13-11-23-9-8-21(13)17(22)15-12(2)6-10-24-15/h5-7,10,13H,4,8-9,11H2,1-3H3. The lowest BCUT2D eigenvalue weighted by atomic mass is 10.1. The van der Waals surface area contributed by atoms with Crippen LogP contribution in [-0.2, 0) is 4.74 Å². The fourth-order valence-corrected chi connectivity index (χ4v) is 3.56. The minimum absolute atomic E-state index is 0.0358. The number of hydrogen-bond donors (Lipinski definition) is 0. The van der Waals surface area contributed by atoms with Crippen LogP contribution in [0.1, 0.15) is 34.0 Å². The SMILES string of the molecule is CCN(C)c1ccnc(C2COCCN2C(=O)c2sccc2C)n1. The van der Waals surface area contributed by atoms with Crippen LogP contribution in [0.3, 0.4) is 0 Å². The Morgan fingerprint density at radius 2 is 2.33 bits per heavy atom. The summed E-state index contributed by atoms with van der Waals surface area (Å²) in [5.74, 6) is 1.52. The lowest BCUT2D eigenvalue weighted by molar-refractivity contribution is -0.00497. The highest BCUT2D eigenvalue weighted by atomic mass is 32.1. The van der Waals surface area contributed by atoms with Crippen molar-refractivity contribution in [2.45, 2.75) is 19.9 Å². The molecule has 0 bridgehead atoms. The molecule has 1 amide bonds. The third-order valence-electron chi connectivity index (χ3n) is 4.27. The summed E-state index contributed by atoms with van der Waals surface area (Å²) in [6.45, 7) is 6.41. The third kappa shape index (κ3) is 3.27. The first-order valence-corrected chi connectivity index (χ1v) is 8.96. The van der Waals surface area contributed by atoms with E-state index in [1.165, 1.54) is 11.3 Å². The predicted octanol–water partition coefficient (Wildman–Crippen LogP) is 2.52. The molecule has 7 heteroatoms. The van der Waals surface area contributed by atoms with Crippen LogP contribution in [0.4, 0.5) is 5.82 Å². The van der Waals surface area contributed by atoms with Crippen LogP contribution in [0.15, 0.2) is 23.7 Å². The second-order valence-electron chi connectivity index (χ2n) is 5.81. The van der Waals surface area contributed by atoms with E-state index in [4.69, 9.17) is 4.74 Å². The van der Waals surface area contributed by atoms with Crippen molar-refractivity contribution < 1.29 is 9.53 Å². The summed E-state index contributed by atoms with van der Waals surface area (Å²) < 4.78 is 5.61. The van der Waals surface area contributed by atoms with Gasteiger partial charge in [0.2, 0.25) is 0 Å². The molecule has 0 spiro atoms. The van der Waals surface area contributed by atoms with Crippen LogP contribution in [0.5, 0.6) is 0 Å². The Bertz CT molecular complexity index is 718. The number of nitrogens with zero attached hydrogens (tertiary/aromatic N) is 4. The van der Waals surface area contributed by atoms with Crippen LogP contribution in [-0.4, -0.2) is 54.1 Å². The number of rotatable bonds is 4. The summed E-state index contributed by atoms with van der Waals surface area (Å²) in [5, 5.41) is 1.95. The summed E-state index contributed by atoms with van der Waals surface area (Å²) in [4.78, 5) is 26.7. The topological polar surface area (TPSA) is 58.6 Å². The van der Waals surface area contributed by atoms with Crippen molar-refractivity contribution in [1.82, 2.24) is 14.9 Å². The number of amides is 1. The van der Waals surface area contributed by atoms with Gasteiger partial charge in [0.25, 0.3) is 5.91 Å². The molecule has 0 N–H and O–H groups in total. The molecular weight excluding hydrogens is 324 g/mol. The number of thiophene rings is 1. The molecule has 3 rings (SSSR count). The number of carbonyl (C=O) groups is 1. The Balaban J connectivity index is 1.90. The fourth-order valence-electron chi connectivity index (χ4n) is 2.68. The molecule has 1 unspecified atom stereocenters. The molecule has 0 radical (unpaired) electrons. The van der Waals surface area contributed by atoms with E-state index in [1.54, 1.807) is 6.20 Å². The molecule has 0 aromatic carbocycles. The highest BCUT2D eigenvalue weighted by molar-refractivity contribution is 7.12. The van der Waals surface area contributed by atoms with Crippen molar-refractivity contribution in [2.75, 3.05) is 38.3 Å². The predicted molar refractivity (Wildman–Crippen MR) is 94.6 cm³/mol. The van der Waals surface area contributed by atoms with E-state index in [-0.39, 0.29) is 11.9 Å². The first kappa shape index (κ1) is 16.9. The average molecular weight is 346 g/mol. The zero-order valence-electron chi connectivity index (χ0n) is 14.2. The van der Waals surface area contributed by atoms with Gasteiger partial charge in [-0.15, -0.1) is 11.3 Å². The van der Waals surface area contributed by atoms with Gasteiger partial charge in [0.1, 0.15) is 11.9 Å². The maximum absolute atomic E-state index is 13.0. The van der Waals surface area contributed by atoms with E-state index in [1.807, 2.05) is 41.3 Å². The Morgan fingerprint density at radius 3 is 3.04 bits per heavy atom. The Kier molecular flexibility index (Phi) is 5.11. The first-order valence-electron chi connectivity index (χ1n) is 8.08. The van der Waals surface area contributed by atoms with E-state index in [0.717, 1.165) is 22.8 Å². The number of morpholine rings is 1. The summed E-state index contributed by atoms with van der Waals surface area (Å²) in [6, 6.07) is 3.60. The molecule has 0 saturated carbocycles. The quantitative estimate of drug-likeness (QED) is 0.851. The molecule has 128 valence electrons. The molecule has 1 fully saturated rings. The molecular formula is C17H22N4O2S.